The molecule has 0 saturated carbocycles. The van der Waals surface area contributed by atoms with Crippen LogP contribution >= 0.6 is 0 Å². The van der Waals surface area contributed by atoms with Crippen LogP contribution in [0, 0.1) is 17.5 Å². The van der Waals surface area contributed by atoms with E-state index in [2.05, 4.69) is 0 Å². The van der Waals surface area contributed by atoms with E-state index in [1.165, 1.54) is 0 Å². The summed E-state index contributed by atoms with van der Waals surface area (Å²) >= 11 is 0. The predicted octanol–water partition coefficient (Wildman–Crippen LogP) is 3.69. The molecule has 13 heavy (non-hydrogen) atoms. The molecule has 0 aliphatic carbocycles. The fraction of sp³-hybridized carbons (Fsp3) is 0.400. The van der Waals surface area contributed by atoms with Gasteiger partial charge < -0.3 is 0 Å². The van der Waals surface area contributed by atoms with Crippen molar-refractivity contribution < 1.29 is 13.2 Å². The minimum Gasteiger partial charge on any atom is -0.207 e. The summed E-state index contributed by atoms with van der Waals surface area (Å²) in [5.74, 6) is -2.76. The molecule has 74 valence electrons. The van der Waals surface area contributed by atoms with Crippen LogP contribution in [0.3, 0.4) is 0 Å². The molecule has 0 fully saturated rings. The first-order chi connectivity index (χ1) is 6.16. The molecule has 0 spiro atoms. The van der Waals surface area contributed by atoms with Gasteiger partial charge in [0.25, 0.3) is 0 Å². The van der Waals surface area contributed by atoms with Crippen molar-refractivity contribution in [3.05, 3.63) is 35.1 Å². The SMILES string of the molecule is CC.CCc1c(F)ccc(F)c1F. The van der Waals surface area contributed by atoms with Crippen LogP contribution in [0.1, 0.15) is 26.3 Å². The second-order valence-corrected chi connectivity index (χ2v) is 2.18. The largest absolute Gasteiger partial charge is 0.207 e. The number of hydrogen-bond acceptors (Lipinski definition) is 0. The Morgan fingerprint density at radius 2 is 1.46 bits per heavy atom. The maximum atomic E-state index is 12.6. The van der Waals surface area contributed by atoms with Crippen LogP contribution in [-0.4, -0.2) is 0 Å². The van der Waals surface area contributed by atoms with Gasteiger partial charge in [-0.15, -0.1) is 0 Å². The Hall–Kier alpha value is -0.990. The van der Waals surface area contributed by atoms with E-state index in [0.29, 0.717) is 0 Å². The first-order valence-corrected chi connectivity index (χ1v) is 4.29. The molecule has 0 saturated heterocycles. The summed E-state index contributed by atoms with van der Waals surface area (Å²) in [5, 5.41) is 0. The van der Waals surface area contributed by atoms with Gasteiger partial charge in [0.1, 0.15) is 5.82 Å². The lowest BCUT2D eigenvalue weighted by Gasteiger charge is -2.00. The van der Waals surface area contributed by atoms with E-state index >= 15 is 0 Å². The van der Waals surface area contributed by atoms with Crippen LogP contribution in [0.5, 0.6) is 0 Å². The van der Waals surface area contributed by atoms with Crippen molar-refractivity contribution >= 4 is 0 Å². The smallest absolute Gasteiger partial charge is 0.164 e. The fourth-order valence-corrected chi connectivity index (χ4v) is 0.893. The van der Waals surface area contributed by atoms with Crippen LogP contribution in [-0.2, 0) is 6.42 Å². The highest BCUT2D eigenvalue weighted by Gasteiger charge is 2.10. The van der Waals surface area contributed by atoms with Gasteiger partial charge in [0.2, 0.25) is 0 Å². The van der Waals surface area contributed by atoms with Crippen LogP contribution in [0.25, 0.3) is 0 Å². The minimum absolute atomic E-state index is 0.162. The second-order valence-electron chi connectivity index (χ2n) is 2.18. The lowest BCUT2D eigenvalue weighted by Crippen LogP contribution is -1.96. The zero-order valence-electron chi connectivity index (χ0n) is 8.00. The van der Waals surface area contributed by atoms with Crippen molar-refractivity contribution in [2.75, 3.05) is 0 Å². The Balaban J connectivity index is 0.000000671. The minimum atomic E-state index is -1.08. The van der Waals surface area contributed by atoms with Gasteiger partial charge in [-0.1, -0.05) is 20.8 Å². The highest BCUT2D eigenvalue weighted by molar-refractivity contribution is 5.20. The molecule has 0 nitrogen and oxygen atoms in total. The third-order valence-electron chi connectivity index (χ3n) is 1.49. The van der Waals surface area contributed by atoms with E-state index < -0.39 is 17.5 Å². The molecule has 1 aromatic carbocycles. The van der Waals surface area contributed by atoms with Gasteiger partial charge in [0.15, 0.2) is 11.6 Å². The lowest BCUT2D eigenvalue weighted by molar-refractivity contribution is 0.481. The van der Waals surface area contributed by atoms with Gasteiger partial charge in [-0.25, -0.2) is 13.2 Å². The summed E-state index contributed by atoms with van der Waals surface area (Å²) in [4.78, 5) is 0. The molecule has 0 aliphatic heterocycles. The molecule has 0 heterocycles. The van der Waals surface area contributed by atoms with Crippen molar-refractivity contribution in [1.29, 1.82) is 0 Å². The molecule has 1 rings (SSSR count). The van der Waals surface area contributed by atoms with Gasteiger partial charge in [-0.3, -0.25) is 0 Å². The van der Waals surface area contributed by atoms with Crippen molar-refractivity contribution in [2.45, 2.75) is 27.2 Å². The highest BCUT2D eigenvalue weighted by Crippen LogP contribution is 2.15. The third kappa shape index (κ3) is 2.76. The first kappa shape index (κ1) is 12.0. The highest BCUT2D eigenvalue weighted by atomic mass is 19.2. The normalized spacial score (nSPS) is 9.08. The first-order valence-electron chi connectivity index (χ1n) is 4.29. The van der Waals surface area contributed by atoms with Gasteiger partial charge in [-0.2, -0.15) is 0 Å². The van der Waals surface area contributed by atoms with Crippen molar-refractivity contribution in [3.8, 4) is 0 Å². The standard InChI is InChI=1S/C8H7F3.C2H6/c1-2-5-6(9)3-4-7(10)8(5)11;1-2/h3-4H,2H2,1H3;1-2H3. The number of hydrogen-bond donors (Lipinski definition) is 0. The van der Waals surface area contributed by atoms with Crippen molar-refractivity contribution in [3.63, 3.8) is 0 Å². The molecule has 3 heteroatoms. The van der Waals surface area contributed by atoms with E-state index in [1.54, 1.807) is 6.92 Å². The molecule has 0 unspecified atom stereocenters. The molecule has 0 N–H and O–H groups in total. The van der Waals surface area contributed by atoms with E-state index in [9.17, 15) is 13.2 Å². The third-order valence-corrected chi connectivity index (χ3v) is 1.49. The Labute approximate surface area is 76.4 Å². The van der Waals surface area contributed by atoms with Gasteiger partial charge in [-0.05, 0) is 18.6 Å². The summed E-state index contributed by atoms with van der Waals surface area (Å²) in [5.41, 5.74) is -0.190. The van der Waals surface area contributed by atoms with E-state index in [0.717, 1.165) is 12.1 Å². The number of rotatable bonds is 1. The van der Waals surface area contributed by atoms with Crippen molar-refractivity contribution in [2.24, 2.45) is 0 Å². The molecule has 0 atom stereocenters. The average molecular weight is 190 g/mol. The van der Waals surface area contributed by atoms with Gasteiger partial charge in [0, 0.05) is 5.56 Å². The maximum absolute atomic E-state index is 12.6. The van der Waals surface area contributed by atoms with Crippen LogP contribution in [0.2, 0.25) is 0 Å². The molecule has 0 aliphatic rings. The Kier molecular flexibility index (Phi) is 5.19. The van der Waals surface area contributed by atoms with Crippen LogP contribution < -0.4 is 0 Å². The van der Waals surface area contributed by atoms with E-state index in [4.69, 9.17) is 0 Å². The topological polar surface area (TPSA) is 0 Å². The molecular formula is C10H13F3. The summed E-state index contributed by atoms with van der Waals surface area (Å²) in [6, 6.07) is 1.71. The quantitative estimate of drug-likeness (QED) is 0.592. The van der Waals surface area contributed by atoms with Crippen LogP contribution in [0.15, 0.2) is 12.1 Å². The van der Waals surface area contributed by atoms with E-state index in [-0.39, 0.29) is 12.0 Å². The second kappa shape index (κ2) is 5.62. The summed E-state index contributed by atoms with van der Waals surface area (Å²) in [6.07, 6.45) is 0.162. The van der Waals surface area contributed by atoms with E-state index in [1.807, 2.05) is 13.8 Å². The number of halogens is 3. The monoisotopic (exact) mass is 190 g/mol. The summed E-state index contributed by atoms with van der Waals surface area (Å²) in [7, 11) is 0. The maximum Gasteiger partial charge on any atom is 0.164 e. The molecular weight excluding hydrogens is 177 g/mol. The average Bonchev–Trinajstić information content (AvgIpc) is 2.16. The van der Waals surface area contributed by atoms with Gasteiger partial charge >= 0.3 is 0 Å². The van der Waals surface area contributed by atoms with Crippen LogP contribution in [0.4, 0.5) is 13.2 Å². The lowest BCUT2D eigenvalue weighted by atomic mass is 10.1. The molecule has 0 amide bonds. The number of benzene rings is 1. The zero-order valence-corrected chi connectivity index (χ0v) is 8.00. The Morgan fingerprint density at radius 1 is 1.00 bits per heavy atom. The summed E-state index contributed by atoms with van der Waals surface area (Å²) in [6.45, 7) is 5.57. The molecule has 0 aromatic heterocycles. The Bertz CT molecular complexity index is 269. The van der Waals surface area contributed by atoms with Crippen molar-refractivity contribution in [1.82, 2.24) is 0 Å². The Morgan fingerprint density at radius 3 is 1.85 bits per heavy atom. The zero-order chi connectivity index (χ0) is 10.4. The molecule has 0 radical (unpaired) electrons. The predicted molar refractivity (Wildman–Crippen MR) is 47.0 cm³/mol. The summed E-state index contributed by atoms with van der Waals surface area (Å²) < 4.78 is 37.7. The molecule has 1 aromatic rings. The fourth-order valence-electron chi connectivity index (χ4n) is 0.893. The van der Waals surface area contributed by atoms with Gasteiger partial charge in [0.05, 0.1) is 0 Å². The molecule has 0 bridgehead atoms.